The molecular weight excluding hydrogens is 494 g/mol. The van der Waals surface area contributed by atoms with Gasteiger partial charge in [-0.15, -0.1) is 0 Å². The number of carbonyl (C=O) groups excluding carboxylic acids is 1. The minimum atomic E-state index is -3.53. The van der Waals surface area contributed by atoms with E-state index < -0.39 is 10.0 Å². The molecule has 6 rings (SSSR count). The highest BCUT2D eigenvalue weighted by molar-refractivity contribution is 7.89. The monoisotopic (exact) mass is 537 g/mol. The van der Waals surface area contributed by atoms with Gasteiger partial charge in [0, 0.05) is 52.2 Å². The molecule has 2 bridgehead atoms. The molecule has 7 heteroatoms. The third-order valence-corrected chi connectivity index (χ3v) is 11.3. The van der Waals surface area contributed by atoms with Crippen LogP contribution >= 0.6 is 0 Å². The fourth-order valence-corrected chi connectivity index (χ4v) is 8.04. The molecule has 0 radical (unpaired) electrons. The number of hydrogen-bond acceptors (Lipinski definition) is 4. The van der Waals surface area contributed by atoms with Crippen molar-refractivity contribution < 1.29 is 13.2 Å². The summed E-state index contributed by atoms with van der Waals surface area (Å²) in [4.78, 5) is 17.9. The number of allylic oxidation sites excluding steroid dienone is 1. The van der Waals surface area contributed by atoms with Crippen LogP contribution in [0.3, 0.4) is 0 Å². The Kier molecular flexibility index (Phi) is 7.99. The molecule has 38 heavy (non-hydrogen) atoms. The lowest BCUT2D eigenvalue weighted by Gasteiger charge is -2.57. The molecule has 1 amide bonds. The minimum absolute atomic E-state index is 0.254. The summed E-state index contributed by atoms with van der Waals surface area (Å²) in [5.41, 5.74) is 1.81. The van der Waals surface area contributed by atoms with E-state index in [4.69, 9.17) is 0 Å². The van der Waals surface area contributed by atoms with Crippen LogP contribution in [-0.2, 0) is 14.8 Å². The van der Waals surface area contributed by atoms with Gasteiger partial charge in [-0.2, -0.15) is 4.31 Å². The average Bonchev–Trinajstić information content (AvgIpc) is 2.93. The SMILES string of the molecule is CCCCC(=O)N(CCN1CCN(S(=O)(=O)c2ccc3ccccc3c2)CC1)CC1=CCC2CC1C2(C)C. The summed E-state index contributed by atoms with van der Waals surface area (Å²) in [6, 6.07) is 13.2. The molecule has 0 aromatic heterocycles. The van der Waals surface area contributed by atoms with Crippen molar-refractivity contribution in [3.05, 3.63) is 54.1 Å². The van der Waals surface area contributed by atoms with Crippen LogP contribution in [-0.4, -0.2) is 74.2 Å². The largest absolute Gasteiger partial charge is 0.337 e. The maximum Gasteiger partial charge on any atom is 0.243 e. The number of benzene rings is 2. The number of rotatable bonds is 10. The van der Waals surface area contributed by atoms with Gasteiger partial charge in [-0.05, 0) is 59.4 Å². The van der Waals surface area contributed by atoms with Gasteiger partial charge in [0.1, 0.15) is 0 Å². The number of nitrogens with zero attached hydrogens (tertiary/aromatic N) is 3. The maximum absolute atomic E-state index is 13.4. The Balaban J connectivity index is 1.18. The van der Waals surface area contributed by atoms with Crippen LogP contribution in [0.15, 0.2) is 59.0 Å². The summed E-state index contributed by atoms with van der Waals surface area (Å²) in [5, 5.41) is 1.98. The van der Waals surface area contributed by atoms with Gasteiger partial charge in [-0.25, -0.2) is 8.42 Å². The lowest BCUT2D eigenvalue weighted by molar-refractivity contribution is -0.131. The molecule has 206 valence electrons. The summed E-state index contributed by atoms with van der Waals surface area (Å²) in [5.74, 6) is 1.65. The first-order valence-electron chi connectivity index (χ1n) is 14.4. The number of unbranched alkanes of at least 4 members (excludes halogenated alkanes) is 1. The fraction of sp³-hybridized carbons (Fsp3) is 0.581. The second kappa shape index (κ2) is 11.1. The Labute approximate surface area is 228 Å². The van der Waals surface area contributed by atoms with Crippen LogP contribution < -0.4 is 0 Å². The van der Waals surface area contributed by atoms with Crippen LogP contribution in [0.1, 0.15) is 52.9 Å². The number of sulfonamides is 1. The van der Waals surface area contributed by atoms with Gasteiger partial charge < -0.3 is 4.90 Å². The molecule has 1 saturated carbocycles. The number of amides is 1. The summed E-state index contributed by atoms with van der Waals surface area (Å²) in [6.07, 6.45) is 7.37. The van der Waals surface area contributed by atoms with E-state index in [0.717, 1.165) is 49.0 Å². The van der Waals surface area contributed by atoms with Crippen molar-refractivity contribution in [1.29, 1.82) is 0 Å². The van der Waals surface area contributed by atoms with Crippen molar-refractivity contribution in [2.45, 2.75) is 57.8 Å². The fourth-order valence-electron chi connectivity index (χ4n) is 6.59. The molecule has 2 aromatic carbocycles. The van der Waals surface area contributed by atoms with E-state index in [1.807, 2.05) is 30.3 Å². The van der Waals surface area contributed by atoms with E-state index in [1.54, 1.807) is 16.4 Å². The Morgan fingerprint density at radius 2 is 1.79 bits per heavy atom. The van der Waals surface area contributed by atoms with E-state index in [-0.39, 0.29) is 5.91 Å². The zero-order valence-electron chi connectivity index (χ0n) is 23.2. The number of hydrogen-bond donors (Lipinski definition) is 0. The van der Waals surface area contributed by atoms with Gasteiger partial charge in [-0.1, -0.05) is 69.2 Å². The quantitative estimate of drug-likeness (QED) is 0.393. The Morgan fingerprint density at radius 1 is 1.05 bits per heavy atom. The second-order valence-corrected chi connectivity index (χ2v) is 13.9. The van der Waals surface area contributed by atoms with E-state index >= 15 is 0 Å². The van der Waals surface area contributed by atoms with E-state index in [0.29, 0.717) is 55.4 Å². The lowest BCUT2D eigenvalue weighted by Crippen LogP contribution is -2.52. The van der Waals surface area contributed by atoms with Crippen molar-refractivity contribution in [1.82, 2.24) is 14.1 Å². The zero-order valence-corrected chi connectivity index (χ0v) is 24.0. The molecular formula is C31H43N3O3S. The summed E-state index contributed by atoms with van der Waals surface area (Å²) < 4.78 is 28.3. The van der Waals surface area contributed by atoms with Crippen LogP contribution in [0.2, 0.25) is 0 Å². The lowest BCUT2D eigenvalue weighted by atomic mass is 9.49. The predicted molar refractivity (Wildman–Crippen MR) is 153 cm³/mol. The molecule has 3 aliphatic carbocycles. The smallest absolute Gasteiger partial charge is 0.243 e. The highest BCUT2D eigenvalue weighted by atomic mass is 32.2. The van der Waals surface area contributed by atoms with E-state index in [9.17, 15) is 13.2 Å². The maximum atomic E-state index is 13.4. The molecule has 4 aliphatic rings. The third kappa shape index (κ3) is 5.43. The van der Waals surface area contributed by atoms with Crippen molar-refractivity contribution in [3.8, 4) is 0 Å². The van der Waals surface area contributed by atoms with Gasteiger partial charge in [0.05, 0.1) is 4.90 Å². The van der Waals surface area contributed by atoms with E-state index in [1.165, 1.54) is 12.0 Å². The van der Waals surface area contributed by atoms with Gasteiger partial charge >= 0.3 is 0 Å². The first-order valence-corrected chi connectivity index (χ1v) is 15.8. The Morgan fingerprint density at radius 3 is 2.47 bits per heavy atom. The van der Waals surface area contributed by atoms with Crippen LogP contribution in [0.4, 0.5) is 0 Å². The van der Waals surface area contributed by atoms with Gasteiger partial charge in [0.2, 0.25) is 15.9 Å². The predicted octanol–water partition coefficient (Wildman–Crippen LogP) is 5.16. The molecule has 6 nitrogen and oxygen atoms in total. The number of fused-ring (bicyclic) bond motifs is 2. The molecule has 1 aliphatic heterocycles. The van der Waals surface area contributed by atoms with Gasteiger partial charge in [0.15, 0.2) is 0 Å². The minimum Gasteiger partial charge on any atom is -0.337 e. The van der Waals surface area contributed by atoms with Crippen LogP contribution in [0.25, 0.3) is 10.8 Å². The van der Waals surface area contributed by atoms with Crippen LogP contribution in [0, 0.1) is 17.3 Å². The standard InChI is InChI=1S/C31H43N3O3S/c1-4-5-10-30(35)33(23-26-11-13-27-22-29(26)31(27,2)3)18-15-32-16-19-34(20-17-32)38(36,37)28-14-12-24-8-6-7-9-25(24)21-28/h6-9,11-12,14,21,27,29H,4-5,10,13,15-20,22-23H2,1-3H3. The van der Waals surface area contributed by atoms with Crippen molar-refractivity contribution in [2.75, 3.05) is 45.8 Å². The first-order chi connectivity index (χ1) is 18.2. The second-order valence-electron chi connectivity index (χ2n) is 12.0. The normalized spacial score (nSPS) is 23.6. The molecule has 1 saturated heterocycles. The van der Waals surface area contributed by atoms with Crippen molar-refractivity contribution in [3.63, 3.8) is 0 Å². The summed E-state index contributed by atoms with van der Waals surface area (Å²) in [7, 11) is -3.53. The van der Waals surface area contributed by atoms with Crippen molar-refractivity contribution >= 4 is 26.7 Å². The Hall–Kier alpha value is -2.22. The first kappa shape index (κ1) is 27.4. The highest BCUT2D eigenvalue weighted by Crippen LogP contribution is 2.59. The summed E-state index contributed by atoms with van der Waals surface area (Å²) in [6.45, 7) is 11.4. The van der Waals surface area contributed by atoms with Crippen molar-refractivity contribution in [2.24, 2.45) is 17.3 Å². The molecule has 0 spiro atoms. The third-order valence-electron chi connectivity index (χ3n) is 9.43. The molecule has 1 heterocycles. The number of piperazine rings is 1. The van der Waals surface area contributed by atoms with Gasteiger partial charge in [0.25, 0.3) is 0 Å². The number of carbonyl (C=O) groups is 1. The zero-order chi connectivity index (χ0) is 26.9. The average molecular weight is 538 g/mol. The summed E-state index contributed by atoms with van der Waals surface area (Å²) >= 11 is 0. The molecule has 2 atom stereocenters. The topological polar surface area (TPSA) is 60.9 Å². The molecule has 2 aromatic rings. The van der Waals surface area contributed by atoms with E-state index in [2.05, 4.69) is 36.6 Å². The van der Waals surface area contributed by atoms with Crippen LogP contribution in [0.5, 0.6) is 0 Å². The molecule has 2 fully saturated rings. The molecule has 0 N–H and O–H groups in total. The molecule has 2 unspecified atom stereocenters. The Bertz CT molecular complexity index is 1290. The highest BCUT2D eigenvalue weighted by Gasteiger charge is 2.51. The van der Waals surface area contributed by atoms with Gasteiger partial charge in [-0.3, -0.25) is 9.69 Å².